The third-order valence-electron chi connectivity index (χ3n) is 3.41. The van der Waals surface area contributed by atoms with Crippen molar-refractivity contribution >= 4 is 17.7 Å². The average Bonchev–Trinajstić information content (AvgIpc) is 2.61. The Balaban J connectivity index is 2.06. The lowest BCUT2D eigenvalue weighted by molar-refractivity contribution is -0.385. The van der Waals surface area contributed by atoms with Crippen LogP contribution >= 0.6 is 0 Å². The van der Waals surface area contributed by atoms with Crippen LogP contribution in [0.25, 0.3) is 6.08 Å². The molecule has 1 amide bonds. The van der Waals surface area contributed by atoms with Gasteiger partial charge in [0.05, 0.1) is 4.92 Å². The second kappa shape index (κ2) is 8.26. The molecule has 0 fully saturated rings. The molecule has 0 aliphatic carbocycles. The SMILES string of the molecule is N#C/C(=C/c1ccc(O)c([N+](=O)[O-])c1)C(=O)NCCc1ccccc1. The number of carbonyl (C=O) groups is 1. The number of nitrogens with one attached hydrogen (secondary N) is 1. The summed E-state index contributed by atoms with van der Waals surface area (Å²) >= 11 is 0. The fourth-order valence-corrected chi connectivity index (χ4v) is 2.15. The zero-order valence-corrected chi connectivity index (χ0v) is 13.2. The molecule has 0 aliphatic rings. The molecule has 2 N–H and O–H groups in total. The number of nitriles is 1. The van der Waals surface area contributed by atoms with Crippen molar-refractivity contribution in [3.05, 3.63) is 75.3 Å². The number of benzene rings is 2. The Bertz CT molecular complexity index is 854. The Labute approximate surface area is 144 Å². The number of phenolic OH excluding ortho intramolecular Hbond substituents is 1. The predicted octanol–water partition coefficient (Wildman–Crippen LogP) is 2.57. The fourth-order valence-electron chi connectivity index (χ4n) is 2.15. The molecule has 0 heterocycles. The Morgan fingerprint density at radius 2 is 2.00 bits per heavy atom. The number of nitro groups is 1. The summed E-state index contributed by atoms with van der Waals surface area (Å²) in [5, 5.41) is 32.0. The highest BCUT2D eigenvalue weighted by molar-refractivity contribution is 6.01. The van der Waals surface area contributed by atoms with E-state index in [0.717, 1.165) is 17.7 Å². The van der Waals surface area contributed by atoms with Gasteiger partial charge in [0.2, 0.25) is 0 Å². The molecule has 0 saturated carbocycles. The fraction of sp³-hybridized carbons (Fsp3) is 0.111. The summed E-state index contributed by atoms with van der Waals surface area (Å²) in [6.07, 6.45) is 1.86. The molecule has 0 aliphatic heterocycles. The van der Waals surface area contributed by atoms with Crippen LogP contribution < -0.4 is 5.32 Å². The number of nitro benzene ring substituents is 1. The number of amides is 1. The number of nitrogens with zero attached hydrogens (tertiary/aromatic N) is 2. The van der Waals surface area contributed by atoms with Crippen LogP contribution in [0.4, 0.5) is 5.69 Å². The lowest BCUT2D eigenvalue weighted by atomic mass is 10.1. The lowest BCUT2D eigenvalue weighted by Gasteiger charge is -2.05. The molecule has 0 spiro atoms. The summed E-state index contributed by atoms with van der Waals surface area (Å²) in [4.78, 5) is 22.2. The van der Waals surface area contributed by atoms with Crippen LogP contribution in [0.3, 0.4) is 0 Å². The quantitative estimate of drug-likeness (QED) is 0.364. The van der Waals surface area contributed by atoms with E-state index in [1.165, 1.54) is 12.1 Å². The Kier molecular flexibility index (Phi) is 5.85. The summed E-state index contributed by atoms with van der Waals surface area (Å²) in [6, 6.07) is 15.0. The van der Waals surface area contributed by atoms with E-state index >= 15 is 0 Å². The van der Waals surface area contributed by atoms with E-state index < -0.39 is 22.3 Å². The predicted molar refractivity (Wildman–Crippen MR) is 91.5 cm³/mol. The summed E-state index contributed by atoms with van der Waals surface area (Å²) < 4.78 is 0. The molecule has 126 valence electrons. The third-order valence-corrected chi connectivity index (χ3v) is 3.41. The molecular weight excluding hydrogens is 322 g/mol. The van der Waals surface area contributed by atoms with E-state index in [1.54, 1.807) is 6.07 Å². The topological polar surface area (TPSA) is 116 Å². The maximum atomic E-state index is 12.1. The van der Waals surface area contributed by atoms with Gasteiger partial charge in [-0.15, -0.1) is 0 Å². The maximum Gasteiger partial charge on any atom is 0.311 e. The van der Waals surface area contributed by atoms with Gasteiger partial charge >= 0.3 is 5.69 Å². The van der Waals surface area contributed by atoms with Crippen LogP contribution in [0.5, 0.6) is 5.75 Å². The summed E-state index contributed by atoms with van der Waals surface area (Å²) in [7, 11) is 0. The third kappa shape index (κ3) is 4.91. The van der Waals surface area contributed by atoms with Gasteiger partial charge in [0.15, 0.2) is 5.75 Å². The smallest absolute Gasteiger partial charge is 0.311 e. The van der Waals surface area contributed by atoms with Crippen LogP contribution in [-0.2, 0) is 11.2 Å². The molecule has 0 aromatic heterocycles. The van der Waals surface area contributed by atoms with Crippen molar-refractivity contribution in [1.29, 1.82) is 5.26 Å². The van der Waals surface area contributed by atoms with Gasteiger partial charge in [-0.05, 0) is 29.7 Å². The molecule has 25 heavy (non-hydrogen) atoms. The van der Waals surface area contributed by atoms with Crippen LogP contribution in [0, 0.1) is 21.4 Å². The van der Waals surface area contributed by atoms with Crippen LogP contribution in [0.2, 0.25) is 0 Å². The molecule has 7 nitrogen and oxygen atoms in total. The van der Waals surface area contributed by atoms with E-state index in [2.05, 4.69) is 5.32 Å². The highest BCUT2D eigenvalue weighted by Gasteiger charge is 2.14. The van der Waals surface area contributed by atoms with Gasteiger partial charge in [0, 0.05) is 12.6 Å². The molecule has 2 aromatic carbocycles. The molecule has 0 bridgehead atoms. The number of phenols is 1. The van der Waals surface area contributed by atoms with Crippen molar-refractivity contribution in [1.82, 2.24) is 5.32 Å². The van der Waals surface area contributed by atoms with Crippen molar-refractivity contribution in [3.63, 3.8) is 0 Å². The average molecular weight is 337 g/mol. The van der Waals surface area contributed by atoms with E-state index in [1.807, 2.05) is 30.3 Å². The van der Waals surface area contributed by atoms with Crippen molar-refractivity contribution in [2.75, 3.05) is 6.54 Å². The Morgan fingerprint density at radius 3 is 2.64 bits per heavy atom. The van der Waals surface area contributed by atoms with E-state index in [4.69, 9.17) is 5.26 Å². The second-order valence-electron chi connectivity index (χ2n) is 5.17. The number of rotatable bonds is 6. The van der Waals surface area contributed by atoms with Crippen molar-refractivity contribution in [3.8, 4) is 11.8 Å². The van der Waals surface area contributed by atoms with Gasteiger partial charge in [-0.25, -0.2) is 0 Å². The molecule has 0 atom stereocenters. The normalized spacial score (nSPS) is 10.8. The van der Waals surface area contributed by atoms with Gasteiger partial charge < -0.3 is 10.4 Å². The molecule has 2 rings (SSSR count). The van der Waals surface area contributed by atoms with Crippen LogP contribution in [-0.4, -0.2) is 22.5 Å². The Hall–Kier alpha value is -3.66. The number of hydrogen-bond donors (Lipinski definition) is 2. The first-order valence-corrected chi connectivity index (χ1v) is 7.42. The number of hydrogen-bond acceptors (Lipinski definition) is 5. The summed E-state index contributed by atoms with van der Waals surface area (Å²) in [6.45, 7) is 0.359. The van der Waals surface area contributed by atoms with Gasteiger partial charge in [-0.1, -0.05) is 36.4 Å². The van der Waals surface area contributed by atoms with Gasteiger partial charge in [0.1, 0.15) is 11.6 Å². The van der Waals surface area contributed by atoms with Gasteiger partial charge in [-0.2, -0.15) is 5.26 Å². The minimum absolute atomic E-state index is 0.173. The highest BCUT2D eigenvalue weighted by atomic mass is 16.6. The standard InChI is InChI=1S/C18H15N3O4/c19-12-15(10-14-6-7-17(22)16(11-14)21(24)25)18(23)20-9-8-13-4-2-1-3-5-13/h1-7,10-11,22H,8-9H2,(H,20,23)/b15-10-. The zero-order chi connectivity index (χ0) is 18.2. The van der Waals surface area contributed by atoms with Gasteiger partial charge in [-0.3, -0.25) is 14.9 Å². The molecule has 2 aromatic rings. The van der Waals surface area contributed by atoms with E-state index in [0.29, 0.717) is 13.0 Å². The van der Waals surface area contributed by atoms with E-state index in [9.17, 15) is 20.0 Å². The van der Waals surface area contributed by atoms with Crippen molar-refractivity contribution < 1.29 is 14.8 Å². The summed E-state index contributed by atoms with van der Waals surface area (Å²) in [5.41, 5.74) is 0.669. The Morgan fingerprint density at radius 1 is 1.28 bits per heavy atom. The number of carbonyl (C=O) groups excluding carboxylic acids is 1. The first kappa shape index (κ1) is 17.7. The molecule has 0 radical (unpaired) electrons. The zero-order valence-electron chi connectivity index (χ0n) is 13.2. The first-order chi connectivity index (χ1) is 12.0. The number of aromatic hydroxyl groups is 1. The molecule has 0 saturated heterocycles. The van der Waals surface area contributed by atoms with Crippen molar-refractivity contribution in [2.24, 2.45) is 0 Å². The lowest BCUT2D eigenvalue weighted by Crippen LogP contribution is -2.26. The minimum Gasteiger partial charge on any atom is -0.502 e. The van der Waals surface area contributed by atoms with Crippen LogP contribution in [0.15, 0.2) is 54.1 Å². The van der Waals surface area contributed by atoms with Crippen molar-refractivity contribution in [2.45, 2.75) is 6.42 Å². The monoisotopic (exact) mass is 337 g/mol. The van der Waals surface area contributed by atoms with Gasteiger partial charge in [0.25, 0.3) is 5.91 Å². The van der Waals surface area contributed by atoms with Crippen LogP contribution in [0.1, 0.15) is 11.1 Å². The summed E-state index contributed by atoms with van der Waals surface area (Å²) in [5.74, 6) is -1.04. The molecular formula is C18H15N3O4. The molecule has 7 heteroatoms. The second-order valence-corrected chi connectivity index (χ2v) is 5.17. The highest BCUT2D eigenvalue weighted by Crippen LogP contribution is 2.27. The largest absolute Gasteiger partial charge is 0.502 e. The maximum absolute atomic E-state index is 12.1. The minimum atomic E-state index is -0.737. The van der Waals surface area contributed by atoms with E-state index in [-0.39, 0.29) is 11.1 Å². The first-order valence-electron chi connectivity index (χ1n) is 7.42. The molecule has 0 unspecified atom stereocenters.